The van der Waals surface area contributed by atoms with Crippen LogP contribution in [0.25, 0.3) is 12.2 Å². The van der Waals surface area contributed by atoms with Gasteiger partial charge in [-0.3, -0.25) is 14.4 Å². The van der Waals surface area contributed by atoms with Crippen molar-refractivity contribution >= 4 is 29.7 Å². The monoisotopic (exact) mass is 440 g/mol. The van der Waals surface area contributed by atoms with Gasteiger partial charge >= 0.3 is 5.97 Å². The Bertz CT molecular complexity index is 976. The second-order valence-electron chi connectivity index (χ2n) is 6.82. The molecular formula is C24H24O8. The van der Waals surface area contributed by atoms with Crippen LogP contribution in [0, 0.1) is 5.92 Å². The Balaban J connectivity index is 2.21. The number of carbonyl (C=O) groups is 3. The van der Waals surface area contributed by atoms with E-state index in [9.17, 15) is 24.6 Å². The summed E-state index contributed by atoms with van der Waals surface area (Å²) in [4.78, 5) is 36.3. The van der Waals surface area contributed by atoms with Gasteiger partial charge in [-0.05, 0) is 54.0 Å². The number of carboxylic acid groups (broad SMARTS) is 1. The largest absolute Gasteiger partial charge is 0.504 e. The van der Waals surface area contributed by atoms with Gasteiger partial charge in [0.1, 0.15) is 0 Å². The normalized spacial score (nSPS) is 12.1. The lowest BCUT2D eigenvalue weighted by molar-refractivity contribution is -0.137. The predicted molar refractivity (Wildman–Crippen MR) is 118 cm³/mol. The summed E-state index contributed by atoms with van der Waals surface area (Å²) >= 11 is 0. The van der Waals surface area contributed by atoms with Crippen molar-refractivity contribution < 1.29 is 39.2 Å². The minimum absolute atomic E-state index is 0.0542. The van der Waals surface area contributed by atoms with Gasteiger partial charge in [0.25, 0.3) is 0 Å². The van der Waals surface area contributed by atoms with Crippen LogP contribution >= 0.6 is 0 Å². The highest BCUT2D eigenvalue weighted by molar-refractivity contribution is 6.13. The van der Waals surface area contributed by atoms with Crippen molar-refractivity contribution in [3.8, 4) is 23.0 Å². The van der Waals surface area contributed by atoms with Crippen LogP contribution < -0.4 is 9.47 Å². The smallest absolute Gasteiger partial charge is 0.303 e. The quantitative estimate of drug-likeness (QED) is 0.358. The summed E-state index contributed by atoms with van der Waals surface area (Å²) in [6.07, 6.45) is 4.82. The van der Waals surface area contributed by atoms with Crippen LogP contribution in [-0.2, 0) is 14.4 Å². The first-order chi connectivity index (χ1) is 15.2. The molecule has 32 heavy (non-hydrogen) atoms. The van der Waals surface area contributed by atoms with Gasteiger partial charge in [-0.2, -0.15) is 0 Å². The fraction of sp³-hybridized carbons (Fsp3) is 0.208. The second-order valence-corrected chi connectivity index (χ2v) is 6.82. The van der Waals surface area contributed by atoms with E-state index in [2.05, 4.69) is 0 Å². The lowest BCUT2D eigenvalue weighted by atomic mass is 9.92. The molecule has 0 unspecified atom stereocenters. The maximum Gasteiger partial charge on any atom is 0.303 e. The first-order valence-electron chi connectivity index (χ1n) is 9.64. The van der Waals surface area contributed by atoms with Crippen molar-refractivity contribution in [2.24, 2.45) is 5.92 Å². The summed E-state index contributed by atoms with van der Waals surface area (Å²) in [5.41, 5.74) is 1.12. The first kappa shape index (κ1) is 24.2. The minimum Gasteiger partial charge on any atom is -0.504 e. The van der Waals surface area contributed by atoms with Gasteiger partial charge < -0.3 is 24.8 Å². The maximum atomic E-state index is 12.7. The van der Waals surface area contributed by atoms with Crippen LogP contribution in [0.2, 0.25) is 0 Å². The van der Waals surface area contributed by atoms with Gasteiger partial charge in [0.15, 0.2) is 34.6 Å². The van der Waals surface area contributed by atoms with Gasteiger partial charge in [0, 0.05) is 6.42 Å². The number of hydrogen-bond donors (Lipinski definition) is 3. The Morgan fingerprint density at radius 3 is 1.66 bits per heavy atom. The van der Waals surface area contributed by atoms with E-state index in [-0.39, 0.29) is 35.8 Å². The third kappa shape index (κ3) is 6.73. The van der Waals surface area contributed by atoms with Crippen molar-refractivity contribution in [3.63, 3.8) is 0 Å². The third-order valence-electron chi connectivity index (χ3n) is 4.62. The molecule has 168 valence electrons. The molecule has 0 aromatic heterocycles. The maximum absolute atomic E-state index is 12.7. The third-order valence-corrected chi connectivity index (χ3v) is 4.62. The highest BCUT2D eigenvalue weighted by atomic mass is 16.5. The van der Waals surface area contributed by atoms with Gasteiger partial charge in [-0.15, -0.1) is 0 Å². The number of aromatic hydroxyl groups is 2. The molecule has 0 bridgehead atoms. The average molecular weight is 440 g/mol. The molecule has 2 aromatic carbocycles. The summed E-state index contributed by atoms with van der Waals surface area (Å²) in [5.74, 6) is -3.03. The molecule has 8 heteroatoms. The Kier molecular flexibility index (Phi) is 8.59. The minimum atomic E-state index is -1.17. The molecule has 0 radical (unpaired) electrons. The fourth-order valence-electron chi connectivity index (χ4n) is 2.88. The Hall–Kier alpha value is -4.07. The van der Waals surface area contributed by atoms with Crippen LogP contribution in [0.5, 0.6) is 23.0 Å². The zero-order valence-corrected chi connectivity index (χ0v) is 17.6. The topological polar surface area (TPSA) is 130 Å². The standard InChI is InChI=1S/C24H24O8/c1-31-22-13-15(5-10-20(22)27)3-8-18(25)17(7-12-24(29)30)19(26)9-4-16-6-11-21(28)23(14-16)32-2/h3-6,8-11,13-14,17,27-28H,7,12H2,1-2H3,(H,29,30). The molecule has 0 atom stereocenters. The highest BCUT2D eigenvalue weighted by Crippen LogP contribution is 2.28. The Morgan fingerprint density at radius 2 is 1.28 bits per heavy atom. The number of benzene rings is 2. The molecule has 0 fully saturated rings. The van der Waals surface area contributed by atoms with E-state index in [0.717, 1.165) is 0 Å². The summed E-state index contributed by atoms with van der Waals surface area (Å²) in [7, 11) is 2.79. The average Bonchev–Trinajstić information content (AvgIpc) is 2.77. The van der Waals surface area contributed by atoms with E-state index < -0.39 is 23.5 Å². The van der Waals surface area contributed by atoms with Crippen molar-refractivity contribution in [3.05, 3.63) is 59.7 Å². The summed E-state index contributed by atoms with van der Waals surface area (Å²) in [5, 5.41) is 28.3. The van der Waals surface area contributed by atoms with Crippen LogP contribution in [0.15, 0.2) is 48.6 Å². The fourth-order valence-corrected chi connectivity index (χ4v) is 2.88. The van der Waals surface area contributed by atoms with E-state index in [1.54, 1.807) is 12.1 Å². The van der Waals surface area contributed by atoms with Gasteiger partial charge in [0.05, 0.1) is 20.1 Å². The molecule has 0 amide bonds. The van der Waals surface area contributed by atoms with Crippen LogP contribution in [0.1, 0.15) is 24.0 Å². The molecule has 0 aliphatic heterocycles. The van der Waals surface area contributed by atoms with E-state index >= 15 is 0 Å². The number of aliphatic carboxylic acids is 1. The molecule has 0 spiro atoms. The van der Waals surface area contributed by atoms with Gasteiger partial charge in [0.2, 0.25) is 0 Å². The number of ether oxygens (including phenoxy) is 2. The van der Waals surface area contributed by atoms with Crippen LogP contribution in [0.4, 0.5) is 0 Å². The number of carboxylic acids is 1. The number of allylic oxidation sites excluding steroid dienone is 2. The number of rotatable bonds is 11. The van der Waals surface area contributed by atoms with E-state index in [0.29, 0.717) is 11.1 Å². The second kappa shape index (κ2) is 11.4. The van der Waals surface area contributed by atoms with Crippen molar-refractivity contribution in [1.82, 2.24) is 0 Å². The Labute approximate surface area is 185 Å². The number of methoxy groups -OCH3 is 2. The molecule has 0 saturated carbocycles. The van der Waals surface area contributed by atoms with Crippen molar-refractivity contribution in [2.45, 2.75) is 12.8 Å². The summed E-state index contributed by atoms with van der Waals surface area (Å²) in [6, 6.07) is 8.98. The molecule has 0 aliphatic carbocycles. The lowest BCUT2D eigenvalue weighted by Gasteiger charge is -2.10. The Morgan fingerprint density at radius 1 is 0.844 bits per heavy atom. The number of phenols is 2. The molecule has 0 aliphatic rings. The zero-order valence-electron chi connectivity index (χ0n) is 17.6. The molecule has 0 heterocycles. The molecular weight excluding hydrogens is 416 g/mol. The molecule has 2 aromatic rings. The van der Waals surface area contributed by atoms with Crippen LogP contribution in [-0.4, -0.2) is 47.1 Å². The first-order valence-corrected chi connectivity index (χ1v) is 9.64. The highest BCUT2D eigenvalue weighted by Gasteiger charge is 2.23. The molecule has 0 saturated heterocycles. The zero-order chi connectivity index (χ0) is 23.7. The molecule has 8 nitrogen and oxygen atoms in total. The summed E-state index contributed by atoms with van der Waals surface area (Å²) in [6.45, 7) is 0. The van der Waals surface area contributed by atoms with E-state index in [4.69, 9.17) is 14.6 Å². The van der Waals surface area contributed by atoms with Gasteiger partial charge in [-0.1, -0.05) is 24.3 Å². The van der Waals surface area contributed by atoms with Gasteiger partial charge in [-0.25, -0.2) is 0 Å². The number of ketones is 2. The number of carbonyl (C=O) groups excluding carboxylic acids is 2. The summed E-state index contributed by atoms with van der Waals surface area (Å²) < 4.78 is 10.0. The predicted octanol–water partition coefficient (Wildman–Crippen LogP) is 3.46. The molecule has 2 rings (SSSR count). The SMILES string of the molecule is COc1cc(C=CC(=O)C(CCC(=O)O)C(=O)C=Cc2ccc(O)c(OC)c2)ccc1O. The number of phenolic OH excluding ortho intramolecular Hbond substituents is 2. The van der Waals surface area contributed by atoms with Crippen molar-refractivity contribution in [2.75, 3.05) is 14.2 Å². The van der Waals surface area contributed by atoms with Crippen LogP contribution in [0.3, 0.4) is 0 Å². The molecule has 3 N–H and O–H groups in total. The number of hydrogen-bond acceptors (Lipinski definition) is 7. The lowest BCUT2D eigenvalue weighted by Crippen LogP contribution is -2.22. The van der Waals surface area contributed by atoms with Crippen molar-refractivity contribution in [1.29, 1.82) is 0 Å². The van der Waals surface area contributed by atoms with E-state index in [1.807, 2.05) is 0 Å². The van der Waals surface area contributed by atoms with E-state index in [1.165, 1.54) is 62.8 Å².